The third-order valence-electron chi connectivity index (χ3n) is 6.46. The molecule has 5 aromatic rings. The van der Waals surface area contributed by atoms with Crippen LogP contribution in [-0.4, -0.2) is 21.8 Å². The van der Waals surface area contributed by atoms with Crippen LogP contribution < -0.4 is 4.90 Å². The fourth-order valence-electron chi connectivity index (χ4n) is 4.81. The Labute approximate surface area is 201 Å². The first-order valence-electron chi connectivity index (χ1n) is 11.3. The molecule has 0 bridgehead atoms. The number of hydrogen-bond donors (Lipinski definition) is 1. The molecule has 0 radical (unpaired) electrons. The van der Waals surface area contributed by atoms with Gasteiger partial charge < -0.3 is 5.11 Å². The van der Waals surface area contributed by atoms with E-state index in [-0.39, 0.29) is 11.3 Å². The fourth-order valence-corrected chi connectivity index (χ4v) is 4.81. The maximum absolute atomic E-state index is 13.5. The Morgan fingerprint density at radius 1 is 0.743 bits per heavy atom. The Balaban J connectivity index is 1.60. The Morgan fingerprint density at radius 2 is 1.46 bits per heavy atom. The molecule has 4 aromatic carbocycles. The van der Waals surface area contributed by atoms with E-state index in [0.717, 1.165) is 21.5 Å². The number of carbonyl (C=O) groups is 2. The molecule has 1 atom stereocenters. The molecule has 2 heterocycles. The zero-order valence-electron chi connectivity index (χ0n) is 18.6. The van der Waals surface area contributed by atoms with Crippen LogP contribution in [0.1, 0.15) is 17.3 Å². The lowest BCUT2D eigenvalue weighted by molar-refractivity contribution is -0.132. The van der Waals surface area contributed by atoms with Crippen LogP contribution in [0.2, 0.25) is 0 Å². The number of anilines is 1. The predicted molar refractivity (Wildman–Crippen MR) is 137 cm³/mol. The van der Waals surface area contributed by atoms with Gasteiger partial charge >= 0.3 is 0 Å². The van der Waals surface area contributed by atoms with Crippen LogP contribution in [0.15, 0.2) is 115 Å². The highest BCUT2D eigenvalue weighted by Gasteiger charge is 2.48. The number of rotatable bonds is 3. The average Bonchev–Trinajstić information content (AvgIpc) is 3.18. The van der Waals surface area contributed by atoms with E-state index < -0.39 is 17.7 Å². The van der Waals surface area contributed by atoms with Crippen molar-refractivity contribution in [2.75, 3.05) is 4.90 Å². The Morgan fingerprint density at radius 3 is 2.26 bits per heavy atom. The molecule has 0 saturated carbocycles. The van der Waals surface area contributed by atoms with Crippen molar-refractivity contribution >= 4 is 44.7 Å². The quantitative estimate of drug-likeness (QED) is 0.205. The number of ketones is 1. The molecule has 5 heteroatoms. The second kappa shape index (κ2) is 8.22. The molecule has 1 aromatic heterocycles. The van der Waals surface area contributed by atoms with Gasteiger partial charge in [-0.3, -0.25) is 19.5 Å². The highest BCUT2D eigenvalue weighted by atomic mass is 16.3. The molecule has 1 aliphatic rings. The summed E-state index contributed by atoms with van der Waals surface area (Å²) in [7, 11) is 0. The molecule has 1 amide bonds. The van der Waals surface area contributed by atoms with Gasteiger partial charge in [-0.05, 0) is 40.4 Å². The topological polar surface area (TPSA) is 70.5 Å². The number of benzene rings is 4. The lowest BCUT2D eigenvalue weighted by Gasteiger charge is -2.25. The van der Waals surface area contributed by atoms with E-state index in [9.17, 15) is 14.7 Å². The van der Waals surface area contributed by atoms with Crippen molar-refractivity contribution in [1.29, 1.82) is 0 Å². The van der Waals surface area contributed by atoms with Gasteiger partial charge in [-0.1, -0.05) is 78.9 Å². The average molecular weight is 457 g/mol. The van der Waals surface area contributed by atoms with Gasteiger partial charge in [0.15, 0.2) is 0 Å². The summed E-state index contributed by atoms with van der Waals surface area (Å²) in [5.41, 5.74) is 1.60. The highest BCUT2D eigenvalue weighted by molar-refractivity contribution is 6.52. The zero-order chi connectivity index (χ0) is 23.9. The summed E-state index contributed by atoms with van der Waals surface area (Å²) in [6.45, 7) is 0. The molecule has 1 saturated heterocycles. The van der Waals surface area contributed by atoms with Gasteiger partial charge in [-0.25, -0.2) is 0 Å². The monoisotopic (exact) mass is 456 g/mol. The normalized spacial score (nSPS) is 17.4. The smallest absolute Gasteiger partial charge is 0.300 e. The number of aliphatic hydroxyl groups excluding tert-OH is 1. The molecule has 1 aliphatic heterocycles. The second-order valence-electron chi connectivity index (χ2n) is 8.48. The van der Waals surface area contributed by atoms with Crippen LogP contribution >= 0.6 is 0 Å². The van der Waals surface area contributed by atoms with Gasteiger partial charge in [0.25, 0.3) is 11.7 Å². The van der Waals surface area contributed by atoms with E-state index >= 15 is 0 Å². The van der Waals surface area contributed by atoms with Crippen LogP contribution in [0, 0.1) is 0 Å². The van der Waals surface area contributed by atoms with Gasteiger partial charge in [0.2, 0.25) is 0 Å². The third-order valence-corrected chi connectivity index (χ3v) is 6.46. The van der Waals surface area contributed by atoms with Crippen molar-refractivity contribution in [2.45, 2.75) is 6.04 Å². The molecule has 168 valence electrons. The van der Waals surface area contributed by atoms with Gasteiger partial charge in [-0.2, -0.15) is 0 Å². The molecule has 0 aliphatic carbocycles. The predicted octanol–water partition coefficient (Wildman–Crippen LogP) is 6.01. The van der Waals surface area contributed by atoms with Crippen molar-refractivity contribution in [1.82, 2.24) is 4.98 Å². The van der Waals surface area contributed by atoms with Crippen molar-refractivity contribution in [2.24, 2.45) is 0 Å². The first-order valence-corrected chi connectivity index (χ1v) is 11.3. The second-order valence-corrected chi connectivity index (χ2v) is 8.48. The van der Waals surface area contributed by atoms with E-state index in [1.807, 2.05) is 84.9 Å². The molecule has 1 N–H and O–H groups in total. The number of pyridine rings is 1. The fraction of sp³-hybridized carbons (Fsp3) is 0.0333. The lowest BCUT2D eigenvalue weighted by atomic mass is 9.96. The van der Waals surface area contributed by atoms with Crippen LogP contribution in [0.3, 0.4) is 0 Å². The molecule has 0 spiro atoms. The zero-order valence-corrected chi connectivity index (χ0v) is 18.6. The number of aromatic nitrogens is 1. The molecular formula is C30H20N2O3. The molecule has 6 rings (SSSR count). The minimum Gasteiger partial charge on any atom is -0.507 e. The number of Topliss-reactive ketones (excluding diaryl/α,β-unsaturated/α-hetero) is 1. The number of carbonyl (C=O) groups excluding carboxylic acids is 2. The van der Waals surface area contributed by atoms with Crippen LogP contribution in [0.5, 0.6) is 0 Å². The minimum atomic E-state index is -0.867. The molecule has 1 fully saturated rings. The number of hydrogen-bond acceptors (Lipinski definition) is 4. The summed E-state index contributed by atoms with van der Waals surface area (Å²) in [5.74, 6) is -1.65. The summed E-state index contributed by atoms with van der Waals surface area (Å²) in [4.78, 5) is 32.9. The first-order chi connectivity index (χ1) is 17.1. The first kappa shape index (κ1) is 20.8. The van der Waals surface area contributed by atoms with E-state index in [1.165, 1.54) is 4.90 Å². The van der Waals surface area contributed by atoms with E-state index in [0.29, 0.717) is 16.9 Å². The van der Waals surface area contributed by atoms with Crippen molar-refractivity contribution in [3.05, 3.63) is 126 Å². The Bertz CT molecular complexity index is 1650. The molecular weight excluding hydrogens is 436 g/mol. The van der Waals surface area contributed by atoms with Gasteiger partial charge in [0.1, 0.15) is 11.8 Å². The van der Waals surface area contributed by atoms with E-state index in [2.05, 4.69) is 4.98 Å². The Hall–Kier alpha value is -4.77. The van der Waals surface area contributed by atoms with Gasteiger partial charge in [0, 0.05) is 17.1 Å². The van der Waals surface area contributed by atoms with Crippen molar-refractivity contribution in [3.8, 4) is 0 Å². The van der Waals surface area contributed by atoms with E-state index in [4.69, 9.17) is 0 Å². The number of amides is 1. The molecule has 1 unspecified atom stereocenters. The van der Waals surface area contributed by atoms with Gasteiger partial charge in [0.05, 0.1) is 17.0 Å². The molecule has 35 heavy (non-hydrogen) atoms. The number of fused-ring (bicyclic) bond motifs is 2. The maximum atomic E-state index is 13.5. The minimum absolute atomic E-state index is 0.0249. The largest absolute Gasteiger partial charge is 0.507 e. The summed E-state index contributed by atoms with van der Waals surface area (Å²) in [6.07, 6.45) is 1.62. The lowest BCUT2D eigenvalue weighted by Crippen LogP contribution is -2.30. The number of aliphatic hydroxyl groups is 1. The van der Waals surface area contributed by atoms with Gasteiger partial charge in [-0.15, -0.1) is 0 Å². The highest BCUT2D eigenvalue weighted by Crippen LogP contribution is 2.43. The summed E-state index contributed by atoms with van der Waals surface area (Å²) >= 11 is 0. The van der Waals surface area contributed by atoms with Crippen molar-refractivity contribution < 1.29 is 14.7 Å². The van der Waals surface area contributed by atoms with Crippen LogP contribution in [0.4, 0.5) is 5.69 Å². The summed E-state index contributed by atoms with van der Waals surface area (Å²) in [5, 5.41) is 15.2. The number of nitrogens with zero attached hydrogens (tertiary/aromatic N) is 2. The molecule has 5 nitrogen and oxygen atoms in total. The maximum Gasteiger partial charge on any atom is 0.300 e. The Kier molecular flexibility index (Phi) is 4.89. The van der Waals surface area contributed by atoms with Crippen LogP contribution in [-0.2, 0) is 9.59 Å². The summed E-state index contributed by atoms with van der Waals surface area (Å²) < 4.78 is 0. The van der Waals surface area contributed by atoms with E-state index in [1.54, 1.807) is 24.4 Å². The third kappa shape index (κ3) is 3.37. The SMILES string of the molecule is O=C1C(=O)N(c2cccc3ccccc23)C(c2ccccn2)/C1=C(\O)c1ccc2ccccc2c1. The summed E-state index contributed by atoms with van der Waals surface area (Å²) in [6, 6.07) is 31.1. The standard InChI is InChI=1S/C30H20N2O3/c33-28(22-16-15-19-8-1-2-10-21(19)18-22)26-27(24-13-5-6-17-31-24)32(30(35)29(26)34)25-14-7-11-20-9-3-4-12-23(20)25/h1-18,27,33H/b28-26+. The van der Waals surface area contributed by atoms with Crippen LogP contribution in [0.25, 0.3) is 27.3 Å². The van der Waals surface area contributed by atoms with Crippen molar-refractivity contribution in [3.63, 3.8) is 0 Å².